The van der Waals surface area contributed by atoms with Crippen molar-refractivity contribution in [1.29, 1.82) is 0 Å². The van der Waals surface area contributed by atoms with E-state index in [2.05, 4.69) is 15.1 Å². The van der Waals surface area contributed by atoms with Gasteiger partial charge in [-0.3, -0.25) is 4.79 Å². The number of nitrogens with two attached hydrogens (primary N) is 4. The highest BCUT2D eigenvalue weighted by atomic mass is 35.5. The zero-order valence-corrected chi connectivity index (χ0v) is 15.5. The van der Waals surface area contributed by atoms with Crippen LogP contribution >= 0.6 is 24.8 Å². The van der Waals surface area contributed by atoms with Crippen molar-refractivity contribution in [2.75, 3.05) is 0 Å². The summed E-state index contributed by atoms with van der Waals surface area (Å²) in [5.41, 5.74) is 23.5. The molecule has 0 saturated heterocycles. The van der Waals surface area contributed by atoms with Gasteiger partial charge in [-0.2, -0.15) is 5.10 Å². The Kier molecular flexibility index (Phi) is 9.78. The summed E-state index contributed by atoms with van der Waals surface area (Å²) in [6.07, 6.45) is 0. The fourth-order valence-electron chi connectivity index (χ4n) is 1.97. The highest BCUT2D eigenvalue weighted by Gasteiger charge is 2.03. The van der Waals surface area contributed by atoms with Crippen LogP contribution in [0.25, 0.3) is 0 Å². The zero-order valence-electron chi connectivity index (χ0n) is 13.9. The van der Waals surface area contributed by atoms with E-state index in [9.17, 15) is 4.79 Å². The Hall–Kier alpha value is -2.78. The Balaban J connectivity index is 0.00000312. The molecule has 2 aromatic rings. The summed E-state index contributed by atoms with van der Waals surface area (Å²) in [6, 6.07) is 10.6. The minimum Gasteiger partial charge on any atom is -0.370 e. The topological polar surface area (TPSA) is 164 Å². The van der Waals surface area contributed by atoms with E-state index in [1.165, 1.54) is 10.7 Å². The first-order chi connectivity index (χ1) is 11.4. The van der Waals surface area contributed by atoms with Gasteiger partial charge in [0.15, 0.2) is 11.9 Å². The smallest absolute Gasteiger partial charge is 0.267 e. The largest absolute Gasteiger partial charge is 0.370 e. The third-order valence-corrected chi connectivity index (χ3v) is 3.14. The van der Waals surface area contributed by atoms with Crippen molar-refractivity contribution in [2.24, 2.45) is 32.9 Å². The first-order valence-electron chi connectivity index (χ1n) is 7.19. The van der Waals surface area contributed by atoms with Crippen LogP contribution < -0.4 is 28.5 Å². The lowest BCUT2D eigenvalue weighted by molar-refractivity contribution is 0.619. The molecule has 0 radical (unpaired) electrons. The summed E-state index contributed by atoms with van der Waals surface area (Å²) in [5.74, 6) is 0.0262. The number of guanidine groups is 2. The van der Waals surface area contributed by atoms with Gasteiger partial charge in [0.1, 0.15) is 0 Å². The quantitative estimate of drug-likeness (QED) is 0.383. The second-order valence-corrected chi connectivity index (χ2v) is 5.12. The molecule has 9 nitrogen and oxygen atoms in total. The Bertz CT molecular complexity index is 809. The Labute approximate surface area is 163 Å². The van der Waals surface area contributed by atoms with Crippen molar-refractivity contribution in [3.05, 3.63) is 63.6 Å². The van der Waals surface area contributed by atoms with Crippen LogP contribution in [0.15, 0.2) is 51.2 Å². The maximum atomic E-state index is 11.9. The van der Waals surface area contributed by atoms with Gasteiger partial charge in [-0.05, 0) is 17.2 Å². The van der Waals surface area contributed by atoms with Crippen molar-refractivity contribution in [3.8, 4) is 0 Å². The van der Waals surface area contributed by atoms with Crippen LogP contribution in [-0.4, -0.2) is 21.7 Å². The third kappa shape index (κ3) is 7.41. The van der Waals surface area contributed by atoms with Crippen LogP contribution in [0.1, 0.15) is 16.8 Å². The minimum absolute atomic E-state index is 0. The van der Waals surface area contributed by atoms with Gasteiger partial charge in [0.05, 0.1) is 25.3 Å². The maximum absolute atomic E-state index is 11.9. The number of nitrogens with zero attached hydrogens (tertiary/aromatic N) is 4. The van der Waals surface area contributed by atoms with E-state index in [0.717, 1.165) is 11.1 Å². The second kappa shape index (κ2) is 11.0. The average Bonchev–Trinajstić information content (AvgIpc) is 2.54. The summed E-state index contributed by atoms with van der Waals surface area (Å²) < 4.78 is 1.36. The molecule has 1 heterocycles. The number of aliphatic imine (C=N–C) groups is 2. The van der Waals surface area contributed by atoms with Crippen LogP contribution in [-0.2, 0) is 19.6 Å². The van der Waals surface area contributed by atoms with E-state index in [0.29, 0.717) is 18.8 Å². The lowest BCUT2D eigenvalue weighted by atomic mass is 10.1. The molecule has 142 valence electrons. The number of benzene rings is 1. The monoisotopic (exact) mass is 400 g/mol. The van der Waals surface area contributed by atoms with Crippen LogP contribution in [0.3, 0.4) is 0 Å². The Morgan fingerprint density at radius 3 is 1.96 bits per heavy atom. The molecular weight excluding hydrogens is 379 g/mol. The van der Waals surface area contributed by atoms with Crippen molar-refractivity contribution < 1.29 is 0 Å². The molecular formula is C15H22Cl2N8O. The summed E-state index contributed by atoms with van der Waals surface area (Å²) in [4.78, 5) is 19.7. The number of hydrogen-bond donors (Lipinski definition) is 4. The van der Waals surface area contributed by atoms with Crippen molar-refractivity contribution >= 4 is 36.7 Å². The fourth-order valence-corrected chi connectivity index (χ4v) is 1.97. The van der Waals surface area contributed by atoms with Crippen LogP contribution in [0.5, 0.6) is 0 Å². The molecule has 26 heavy (non-hydrogen) atoms. The number of halogens is 2. The number of hydrogen-bond acceptors (Lipinski definition) is 4. The SMILES string of the molecule is Cl.Cl.NC(N)=NCc1ccc(Cn2nc(CN=C(N)N)ccc2=O)cc1. The predicted molar refractivity (Wildman–Crippen MR) is 108 cm³/mol. The van der Waals surface area contributed by atoms with Gasteiger partial charge in [-0.15, -0.1) is 24.8 Å². The molecule has 8 N–H and O–H groups in total. The van der Waals surface area contributed by atoms with E-state index >= 15 is 0 Å². The summed E-state index contributed by atoms with van der Waals surface area (Å²) in [7, 11) is 0. The molecule has 0 aliphatic rings. The highest BCUT2D eigenvalue weighted by molar-refractivity contribution is 5.85. The molecule has 0 atom stereocenters. The van der Waals surface area contributed by atoms with Gasteiger partial charge >= 0.3 is 0 Å². The average molecular weight is 401 g/mol. The first kappa shape index (κ1) is 23.2. The fraction of sp³-hybridized carbons (Fsp3) is 0.200. The zero-order chi connectivity index (χ0) is 17.5. The standard InChI is InChI=1S/C15H20N8O.2ClH/c16-14(17)20-7-10-1-3-11(4-2-10)9-23-13(24)6-5-12(22-23)8-21-15(18)19;;/h1-6H,7-9H2,(H4,16,17,20)(H4,18,19,21);2*1H. The summed E-state index contributed by atoms with van der Waals surface area (Å²) in [6.45, 7) is 0.978. The molecule has 0 unspecified atom stereocenters. The minimum atomic E-state index is -0.201. The van der Waals surface area contributed by atoms with Crippen molar-refractivity contribution in [1.82, 2.24) is 9.78 Å². The molecule has 0 bridgehead atoms. The molecule has 0 fully saturated rings. The first-order valence-corrected chi connectivity index (χ1v) is 7.19. The molecule has 0 saturated carbocycles. The van der Waals surface area contributed by atoms with Gasteiger partial charge in [0.2, 0.25) is 0 Å². The van der Waals surface area contributed by atoms with Crippen molar-refractivity contribution in [3.63, 3.8) is 0 Å². The molecule has 0 spiro atoms. The molecule has 11 heteroatoms. The molecule has 1 aromatic heterocycles. The van der Waals surface area contributed by atoms with Crippen LogP contribution in [0, 0.1) is 0 Å². The van der Waals surface area contributed by atoms with Gasteiger partial charge in [-0.25, -0.2) is 14.7 Å². The Morgan fingerprint density at radius 2 is 1.38 bits per heavy atom. The van der Waals surface area contributed by atoms with E-state index in [1.54, 1.807) is 6.07 Å². The summed E-state index contributed by atoms with van der Waals surface area (Å²) >= 11 is 0. The van der Waals surface area contributed by atoms with Gasteiger partial charge < -0.3 is 22.9 Å². The van der Waals surface area contributed by atoms with E-state index in [-0.39, 0.29) is 48.8 Å². The molecule has 0 aliphatic heterocycles. The second-order valence-electron chi connectivity index (χ2n) is 5.12. The number of aromatic nitrogens is 2. The maximum Gasteiger partial charge on any atom is 0.267 e. The van der Waals surface area contributed by atoms with Gasteiger partial charge in [0.25, 0.3) is 5.56 Å². The predicted octanol–water partition coefficient (Wildman–Crippen LogP) is -0.318. The lowest BCUT2D eigenvalue weighted by Gasteiger charge is -2.07. The normalized spacial score (nSPS) is 9.38. The number of rotatable bonds is 6. The van der Waals surface area contributed by atoms with E-state index in [1.807, 2.05) is 24.3 Å². The van der Waals surface area contributed by atoms with Gasteiger partial charge in [-0.1, -0.05) is 24.3 Å². The van der Waals surface area contributed by atoms with E-state index in [4.69, 9.17) is 22.9 Å². The molecule has 0 aliphatic carbocycles. The van der Waals surface area contributed by atoms with E-state index < -0.39 is 0 Å². The van der Waals surface area contributed by atoms with Gasteiger partial charge in [0, 0.05) is 6.07 Å². The molecule has 2 rings (SSSR count). The van der Waals surface area contributed by atoms with Crippen LogP contribution in [0.2, 0.25) is 0 Å². The molecule has 0 amide bonds. The summed E-state index contributed by atoms with van der Waals surface area (Å²) in [5, 5.41) is 4.25. The molecule has 1 aromatic carbocycles. The highest BCUT2D eigenvalue weighted by Crippen LogP contribution is 2.07. The lowest BCUT2D eigenvalue weighted by Crippen LogP contribution is -2.25. The van der Waals surface area contributed by atoms with Crippen molar-refractivity contribution in [2.45, 2.75) is 19.6 Å². The van der Waals surface area contributed by atoms with Crippen LogP contribution in [0.4, 0.5) is 0 Å². The Morgan fingerprint density at radius 1 is 0.846 bits per heavy atom. The third-order valence-electron chi connectivity index (χ3n) is 3.14.